The summed E-state index contributed by atoms with van der Waals surface area (Å²) < 4.78 is 0. The number of nitrogens with one attached hydrogen (secondary N) is 1. The number of hydrogen-bond donors (Lipinski definition) is 3. The van der Waals surface area contributed by atoms with Gasteiger partial charge in [-0.25, -0.2) is 10.8 Å². The third-order valence-electron chi connectivity index (χ3n) is 4.95. The van der Waals surface area contributed by atoms with Crippen LogP contribution in [0.15, 0.2) is 23.0 Å². The molecule has 1 aromatic heterocycles. The maximum atomic E-state index is 6.37. The van der Waals surface area contributed by atoms with Crippen LogP contribution < -0.4 is 11.6 Å². The van der Waals surface area contributed by atoms with Crippen molar-refractivity contribution >= 4 is 17.9 Å². The molecule has 0 amide bonds. The number of hydrogen-bond acceptors (Lipinski definition) is 5. The number of likely N-dealkylation sites (tertiary alicyclic amines) is 1. The van der Waals surface area contributed by atoms with Gasteiger partial charge >= 0.3 is 0 Å². The third kappa shape index (κ3) is 3.59. The van der Waals surface area contributed by atoms with Crippen LogP contribution >= 0.6 is 0 Å². The largest absolute Gasteiger partial charge is 0.400 e. The minimum Gasteiger partial charge on any atom is -0.400 e. The van der Waals surface area contributed by atoms with Crippen LogP contribution in [-0.4, -0.2) is 41.4 Å². The van der Waals surface area contributed by atoms with E-state index in [1.807, 2.05) is 12.3 Å². The van der Waals surface area contributed by atoms with Gasteiger partial charge in [0.25, 0.3) is 0 Å². The van der Waals surface area contributed by atoms with Crippen molar-refractivity contribution in [1.29, 1.82) is 0 Å². The molecular weight excluding hydrogens is 288 g/mol. The van der Waals surface area contributed by atoms with E-state index in [0.29, 0.717) is 5.92 Å². The van der Waals surface area contributed by atoms with E-state index in [4.69, 9.17) is 11.6 Å². The number of allylic oxidation sites excluding steroid dienone is 1. The monoisotopic (exact) mass is 316 g/mol. The molecule has 3 aliphatic rings. The second kappa shape index (κ2) is 7.19. The van der Waals surface area contributed by atoms with Gasteiger partial charge in [0.2, 0.25) is 0 Å². The first-order chi connectivity index (χ1) is 11.2. The molecule has 1 aliphatic carbocycles. The standard InChI is InChI=1S/C13H19N5.C4H9N/c14-11(9-4-2-1-3-5-9)12-10-6-7-16-13(10)17-8-18(12)15;1-5-3-2-4-5/h6-9,16H,1-5,14-15H2;2-4H2,1H3/b12-11-;. The molecule has 6 heteroatoms. The molecule has 1 aromatic rings. The second-order valence-electron chi connectivity index (χ2n) is 6.69. The second-order valence-corrected chi connectivity index (χ2v) is 6.69. The first-order valence-electron chi connectivity index (χ1n) is 8.61. The highest BCUT2D eigenvalue weighted by molar-refractivity contribution is 5.86. The molecule has 126 valence electrons. The highest BCUT2D eigenvalue weighted by atomic mass is 15.4. The van der Waals surface area contributed by atoms with Crippen molar-refractivity contribution < 1.29 is 0 Å². The summed E-state index contributed by atoms with van der Waals surface area (Å²) in [6, 6.07) is 1.98. The van der Waals surface area contributed by atoms with Crippen molar-refractivity contribution in [2.75, 3.05) is 20.1 Å². The lowest BCUT2D eigenvalue weighted by molar-refractivity contribution is 0.229. The van der Waals surface area contributed by atoms with Gasteiger partial charge in [0.1, 0.15) is 12.2 Å². The minimum atomic E-state index is 0.453. The number of aromatic nitrogens is 1. The maximum absolute atomic E-state index is 6.37. The normalized spacial score (nSPS) is 23.7. The van der Waals surface area contributed by atoms with Gasteiger partial charge in [0.15, 0.2) is 0 Å². The molecule has 1 saturated heterocycles. The van der Waals surface area contributed by atoms with E-state index in [2.05, 4.69) is 21.9 Å². The molecule has 23 heavy (non-hydrogen) atoms. The lowest BCUT2D eigenvalue weighted by atomic mass is 9.85. The average Bonchev–Trinajstić information content (AvgIpc) is 3.02. The predicted molar refractivity (Wildman–Crippen MR) is 94.8 cm³/mol. The molecule has 2 fully saturated rings. The van der Waals surface area contributed by atoms with Crippen molar-refractivity contribution in [2.45, 2.75) is 38.5 Å². The van der Waals surface area contributed by atoms with E-state index in [1.54, 1.807) is 11.3 Å². The molecular formula is C17H28N6. The molecule has 4 rings (SSSR count). The summed E-state index contributed by atoms with van der Waals surface area (Å²) in [6.07, 6.45) is 11.1. The van der Waals surface area contributed by atoms with Crippen LogP contribution in [0.2, 0.25) is 0 Å². The summed E-state index contributed by atoms with van der Waals surface area (Å²) in [7, 11) is 2.14. The van der Waals surface area contributed by atoms with Crippen LogP contribution in [0.1, 0.15) is 44.1 Å². The molecule has 3 heterocycles. The van der Waals surface area contributed by atoms with E-state index in [1.165, 1.54) is 51.6 Å². The zero-order valence-electron chi connectivity index (χ0n) is 14.0. The highest BCUT2D eigenvalue weighted by Gasteiger charge is 2.25. The summed E-state index contributed by atoms with van der Waals surface area (Å²) >= 11 is 0. The molecule has 6 nitrogen and oxygen atoms in total. The van der Waals surface area contributed by atoms with Gasteiger partial charge in [-0.2, -0.15) is 0 Å². The summed E-state index contributed by atoms with van der Waals surface area (Å²) in [5.74, 6) is 7.28. The molecule has 1 saturated carbocycles. The Labute approximate surface area is 138 Å². The number of nitrogens with zero attached hydrogens (tertiary/aromatic N) is 3. The Hall–Kier alpha value is -1.79. The Bertz CT molecular complexity index is 578. The number of aromatic amines is 1. The zero-order chi connectivity index (χ0) is 16.2. The summed E-state index contributed by atoms with van der Waals surface area (Å²) in [5, 5.41) is 1.54. The van der Waals surface area contributed by atoms with Gasteiger partial charge in [-0.1, -0.05) is 19.3 Å². The number of fused-ring (bicyclic) bond motifs is 1. The smallest absolute Gasteiger partial charge is 0.141 e. The Balaban J connectivity index is 0.000000267. The van der Waals surface area contributed by atoms with Crippen LogP contribution in [0.25, 0.3) is 5.70 Å². The fourth-order valence-corrected chi connectivity index (χ4v) is 3.36. The molecule has 0 unspecified atom stereocenters. The van der Waals surface area contributed by atoms with E-state index in [0.717, 1.165) is 22.8 Å². The number of hydrazine groups is 1. The zero-order valence-corrected chi connectivity index (χ0v) is 14.0. The topological polar surface area (TPSA) is 86.7 Å². The van der Waals surface area contributed by atoms with Crippen LogP contribution in [0.3, 0.4) is 0 Å². The van der Waals surface area contributed by atoms with Crippen LogP contribution in [0.4, 0.5) is 5.82 Å². The fourth-order valence-electron chi connectivity index (χ4n) is 3.36. The van der Waals surface area contributed by atoms with Crippen molar-refractivity contribution in [3.63, 3.8) is 0 Å². The van der Waals surface area contributed by atoms with Crippen molar-refractivity contribution in [2.24, 2.45) is 22.5 Å². The van der Waals surface area contributed by atoms with Crippen LogP contribution in [-0.2, 0) is 0 Å². The summed E-state index contributed by atoms with van der Waals surface area (Å²) in [5.41, 5.74) is 9.19. The van der Waals surface area contributed by atoms with Crippen molar-refractivity contribution in [3.8, 4) is 0 Å². The molecule has 0 aromatic carbocycles. The molecule has 5 N–H and O–H groups in total. The first kappa shape index (κ1) is 16.1. The Morgan fingerprint density at radius 1 is 1.22 bits per heavy atom. The third-order valence-corrected chi connectivity index (χ3v) is 4.95. The van der Waals surface area contributed by atoms with Gasteiger partial charge < -0.3 is 15.6 Å². The number of H-pyrrole nitrogens is 1. The number of rotatable bonds is 1. The number of nitrogens with two attached hydrogens (primary N) is 2. The average molecular weight is 316 g/mol. The van der Waals surface area contributed by atoms with Gasteiger partial charge in [0, 0.05) is 23.4 Å². The molecule has 0 bridgehead atoms. The van der Waals surface area contributed by atoms with E-state index < -0.39 is 0 Å². The maximum Gasteiger partial charge on any atom is 0.141 e. The number of aliphatic imine (C=N–C) groups is 1. The molecule has 0 spiro atoms. The van der Waals surface area contributed by atoms with Gasteiger partial charge in [-0.15, -0.1) is 0 Å². The van der Waals surface area contributed by atoms with E-state index >= 15 is 0 Å². The molecule has 0 radical (unpaired) electrons. The Kier molecular flexibility index (Phi) is 5.03. The first-order valence-corrected chi connectivity index (χ1v) is 8.61. The van der Waals surface area contributed by atoms with Gasteiger partial charge in [-0.05, 0) is 45.5 Å². The van der Waals surface area contributed by atoms with Crippen LogP contribution in [0.5, 0.6) is 0 Å². The Morgan fingerprint density at radius 2 is 1.91 bits per heavy atom. The fraction of sp³-hybridized carbons (Fsp3) is 0.588. The van der Waals surface area contributed by atoms with Crippen molar-refractivity contribution in [3.05, 3.63) is 23.5 Å². The molecule has 2 aliphatic heterocycles. The summed E-state index contributed by atoms with van der Waals surface area (Å²) in [6.45, 7) is 2.64. The minimum absolute atomic E-state index is 0.453. The van der Waals surface area contributed by atoms with Gasteiger partial charge in [-0.3, -0.25) is 5.01 Å². The summed E-state index contributed by atoms with van der Waals surface area (Å²) in [4.78, 5) is 9.64. The van der Waals surface area contributed by atoms with E-state index in [9.17, 15) is 0 Å². The predicted octanol–water partition coefficient (Wildman–Crippen LogP) is 2.39. The quantitative estimate of drug-likeness (QED) is 0.694. The SMILES string of the molecule is CN1CCC1.N/C(=C1/c2cc[nH]c2N=CN1N)C1CCCCC1. The van der Waals surface area contributed by atoms with Crippen LogP contribution in [0, 0.1) is 5.92 Å². The van der Waals surface area contributed by atoms with Crippen molar-refractivity contribution in [1.82, 2.24) is 14.9 Å². The molecule has 0 atom stereocenters. The van der Waals surface area contributed by atoms with E-state index in [-0.39, 0.29) is 0 Å². The lowest BCUT2D eigenvalue weighted by Crippen LogP contribution is -2.33. The van der Waals surface area contributed by atoms with Gasteiger partial charge in [0.05, 0.1) is 5.70 Å². The Morgan fingerprint density at radius 3 is 2.52 bits per heavy atom. The lowest BCUT2D eigenvalue weighted by Gasteiger charge is -2.28. The highest BCUT2D eigenvalue weighted by Crippen LogP contribution is 2.36.